The molecule has 1 unspecified atom stereocenters. The fraction of sp³-hybridized carbons (Fsp3) is 0.296. The van der Waals surface area contributed by atoms with Crippen LogP contribution < -0.4 is 5.32 Å². The lowest BCUT2D eigenvalue weighted by Crippen LogP contribution is -2.48. The molecule has 1 aromatic heterocycles. The van der Waals surface area contributed by atoms with Crippen molar-refractivity contribution in [1.29, 1.82) is 5.26 Å². The van der Waals surface area contributed by atoms with E-state index in [1.807, 2.05) is 63.2 Å². The number of benzene rings is 2. The van der Waals surface area contributed by atoms with E-state index < -0.39 is 24.0 Å². The van der Waals surface area contributed by atoms with Gasteiger partial charge in [0.1, 0.15) is 6.04 Å². The Balaban J connectivity index is 1.82. The average molecular weight is 460 g/mol. The molecule has 0 fully saturated rings. The van der Waals surface area contributed by atoms with Crippen LogP contribution in [0.2, 0.25) is 0 Å². The largest absolute Gasteiger partial charge is 0.481 e. The van der Waals surface area contributed by atoms with Gasteiger partial charge in [-0.15, -0.1) is 0 Å². The maximum absolute atomic E-state index is 13.0. The number of nitrogens with zero attached hydrogens (tertiary/aromatic N) is 2. The third-order valence-electron chi connectivity index (χ3n) is 5.85. The first-order chi connectivity index (χ1) is 16.1. The molecule has 3 rings (SSSR count). The molecule has 0 aliphatic carbocycles. The topological polar surface area (TPSA) is 115 Å². The van der Waals surface area contributed by atoms with E-state index in [1.54, 1.807) is 29.1 Å². The van der Waals surface area contributed by atoms with Crippen molar-refractivity contribution >= 4 is 11.9 Å². The molecule has 0 aliphatic heterocycles. The average Bonchev–Trinajstić information content (AvgIpc) is 3.30. The van der Waals surface area contributed by atoms with Crippen molar-refractivity contribution in [3.05, 3.63) is 72.6 Å². The van der Waals surface area contributed by atoms with Crippen molar-refractivity contribution in [3.8, 4) is 28.3 Å². The van der Waals surface area contributed by atoms with Crippen molar-refractivity contribution in [3.63, 3.8) is 0 Å². The molecule has 1 amide bonds. The number of carboxylic acids is 1. The van der Waals surface area contributed by atoms with Crippen LogP contribution in [0.5, 0.6) is 0 Å². The van der Waals surface area contributed by atoms with Gasteiger partial charge in [0.15, 0.2) is 0 Å². The van der Waals surface area contributed by atoms with Crippen LogP contribution in [0, 0.1) is 16.7 Å². The maximum Gasteiger partial charge on any atom is 0.306 e. The molecule has 3 aromatic rings. The van der Waals surface area contributed by atoms with Crippen molar-refractivity contribution in [2.24, 2.45) is 5.41 Å². The summed E-state index contributed by atoms with van der Waals surface area (Å²) in [4.78, 5) is 24.4. The van der Waals surface area contributed by atoms with E-state index in [0.717, 1.165) is 22.3 Å². The van der Waals surface area contributed by atoms with Gasteiger partial charge in [-0.1, -0.05) is 57.2 Å². The molecule has 0 aliphatic rings. The molecule has 2 aromatic carbocycles. The van der Waals surface area contributed by atoms with E-state index in [4.69, 9.17) is 5.26 Å². The van der Waals surface area contributed by atoms with Gasteiger partial charge >= 0.3 is 5.97 Å². The first kappa shape index (κ1) is 24.7. The van der Waals surface area contributed by atoms with Crippen LogP contribution in [-0.2, 0) is 9.59 Å². The van der Waals surface area contributed by atoms with Gasteiger partial charge in [0.05, 0.1) is 30.7 Å². The number of carboxylic acid groups (broad SMARTS) is 1. The summed E-state index contributed by atoms with van der Waals surface area (Å²) in [6.07, 6.45) is 3.08. The molecule has 0 radical (unpaired) electrons. The zero-order valence-electron chi connectivity index (χ0n) is 19.5. The Labute approximate surface area is 199 Å². The Kier molecular flexibility index (Phi) is 7.54. The number of aliphatic hydroxyl groups excluding tert-OH is 1. The van der Waals surface area contributed by atoms with Gasteiger partial charge in [0.2, 0.25) is 5.91 Å². The molecule has 0 saturated heterocycles. The highest BCUT2D eigenvalue weighted by atomic mass is 16.4. The second kappa shape index (κ2) is 10.4. The van der Waals surface area contributed by atoms with Crippen LogP contribution in [-0.4, -0.2) is 39.3 Å². The number of nitrogens with one attached hydrogen (secondary N) is 1. The molecule has 0 bridgehead atoms. The van der Waals surface area contributed by atoms with Crippen LogP contribution >= 0.6 is 0 Å². The van der Waals surface area contributed by atoms with Gasteiger partial charge in [0, 0.05) is 12.4 Å². The number of aliphatic hydroxyl groups is 1. The highest BCUT2D eigenvalue weighted by molar-refractivity contribution is 5.85. The third kappa shape index (κ3) is 5.91. The van der Waals surface area contributed by atoms with E-state index in [1.165, 1.54) is 0 Å². The number of aliphatic carboxylic acids is 1. The number of rotatable bonds is 8. The molecule has 34 heavy (non-hydrogen) atoms. The number of nitriles is 1. The van der Waals surface area contributed by atoms with Gasteiger partial charge in [-0.25, -0.2) is 0 Å². The van der Waals surface area contributed by atoms with Gasteiger partial charge < -0.3 is 20.1 Å². The second-order valence-corrected chi connectivity index (χ2v) is 9.34. The Morgan fingerprint density at radius 3 is 1.97 bits per heavy atom. The number of carbonyl (C=O) groups is 2. The summed E-state index contributed by atoms with van der Waals surface area (Å²) in [6.45, 7) is 5.46. The molecular weight excluding hydrogens is 430 g/mol. The van der Waals surface area contributed by atoms with E-state index in [2.05, 4.69) is 11.4 Å². The summed E-state index contributed by atoms with van der Waals surface area (Å²) in [5.41, 5.74) is 4.01. The number of hydrogen-bond acceptors (Lipinski definition) is 4. The maximum atomic E-state index is 13.0. The zero-order valence-corrected chi connectivity index (χ0v) is 19.5. The van der Waals surface area contributed by atoms with Gasteiger partial charge in [-0.05, 0) is 45.9 Å². The van der Waals surface area contributed by atoms with Crippen LogP contribution in [0.25, 0.3) is 22.3 Å². The van der Waals surface area contributed by atoms with E-state index in [-0.39, 0.29) is 18.4 Å². The van der Waals surface area contributed by atoms with Crippen LogP contribution in [0.15, 0.2) is 67.0 Å². The molecule has 176 valence electrons. The zero-order chi connectivity index (χ0) is 24.9. The summed E-state index contributed by atoms with van der Waals surface area (Å²) in [5.74, 6) is -1.53. The predicted octanol–water partition coefficient (Wildman–Crippen LogP) is 4.23. The quantitative estimate of drug-likeness (QED) is 0.466. The van der Waals surface area contributed by atoms with E-state index >= 15 is 0 Å². The van der Waals surface area contributed by atoms with Gasteiger partial charge in [0.25, 0.3) is 0 Å². The smallest absolute Gasteiger partial charge is 0.306 e. The first-order valence-electron chi connectivity index (χ1n) is 11.0. The highest BCUT2D eigenvalue weighted by Crippen LogP contribution is 2.27. The number of hydrogen-bond donors (Lipinski definition) is 3. The summed E-state index contributed by atoms with van der Waals surface area (Å²) < 4.78 is 1.60. The molecule has 1 heterocycles. The predicted molar refractivity (Wildman–Crippen MR) is 130 cm³/mol. The Morgan fingerprint density at radius 2 is 1.50 bits per heavy atom. The van der Waals surface area contributed by atoms with Gasteiger partial charge in [-0.3, -0.25) is 9.59 Å². The van der Waals surface area contributed by atoms with Crippen molar-refractivity contribution in [1.82, 2.24) is 9.88 Å². The van der Waals surface area contributed by atoms with E-state index in [9.17, 15) is 19.8 Å². The van der Waals surface area contributed by atoms with Crippen molar-refractivity contribution < 1.29 is 19.8 Å². The minimum absolute atomic E-state index is 0.239. The summed E-state index contributed by atoms with van der Waals surface area (Å²) in [6, 6.07) is 17.7. The number of amides is 1. The monoisotopic (exact) mass is 459 g/mol. The molecule has 7 nitrogen and oxygen atoms in total. The molecule has 0 saturated carbocycles. The van der Waals surface area contributed by atoms with Crippen molar-refractivity contribution in [2.75, 3.05) is 6.61 Å². The lowest BCUT2D eigenvalue weighted by Gasteiger charge is -2.31. The second-order valence-electron chi connectivity index (χ2n) is 9.34. The molecule has 2 atom stereocenters. The lowest BCUT2D eigenvalue weighted by molar-refractivity contribution is -0.141. The van der Waals surface area contributed by atoms with Crippen molar-refractivity contribution in [2.45, 2.75) is 39.3 Å². The lowest BCUT2D eigenvalue weighted by atomic mass is 9.87. The Bertz CT molecular complexity index is 1180. The fourth-order valence-electron chi connectivity index (χ4n) is 3.67. The normalized spacial score (nSPS) is 13.0. The molecular formula is C27H29N3O4. The molecule has 0 spiro atoms. The summed E-state index contributed by atoms with van der Waals surface area (Å²) in [5, 5.41) is 30.8. The number of aromatic nitrogens is 1. The minimum atomic E-state index is -1.08. The highest BCUT2D eigenvalue weighted by Gasteiger charge is 2.30. The first-order valence-corrected chi connectivity index (χ1v) is 11.0. The Morgan fingerprint density at radius 1 is 0.971 bits per heavy atom. The van der Waals surface area contributed by atoms with Gasteiger partial charge in [-0.2, -0.15) is 5.26 Å². The SMILES string of the molecule is CC(C)(C)C(CO)NC(=O)[C@@H](CC(=O)O)n1ccc(-c2ccc(-c3ccc(C#N)cc3)cc2)c1. The number of carbonyl (C=O) groups excluding carboxylic acids is 1. The molecule has 3 N–H and O–H groups in total. The molecule has 7 heteroatoms. The summed E-state index contributed by atoms with van der Waals surface area (Å²) in [7, 11) is 0. The Hall–Kier alpha value is -3.89. The van der Waals surface area contributed by atoms with Crippen LogP contribution in [0.4, 0.5) is 0 Å². The fourth-order valence-corrected chi connectivity index (χ4v) is 3.67. The summed E-state index contributed by atoms with van der Waals surface area (Å²) >= 11 is 0. The van der Waals surface area contributed by atoms with E-state index in [0.29, 0.717) is 5.56 Å². The third-order valence-corrected chi connectivity index (χ3v) is 5.85. The van der Waals surface area contributed by atoms with Crippen LogP contribution in [0.3, 0.4) is 0 Å². The minimum Gasteiger partial charge on any atom is -0.481 e. The standard InChI is InChI=1S/C27H29N3O4/c1-27(2,3)24(17-31)29-26(34)23(14-25(32)33)30-13-12-22(16-30)21-10-8-20(9-11-21)19-6-4-18(15-28)5-7-19/h4-13,16,23-24,31H,14,17H2,1-3H3,(H,29,34)(H,32,33)/t23-,24?/m1/s1. The van der Waals surface area contributed by atoms with Crippen LogP contribution in [0.1, 0.15) is 38.8 Å².